The largest absolute Gasteiger partial charge is 0.393 e. The van der Waals surface area contributed by atoms with E-state index in [1.807, 2.05) is 6.92 Å². The van der Waals surface area contributed by atoms with Gasteiger partial charge in [0.1, 0.15) is 6.04 Å². The predicted molar refractivity (Wildman–Crippen MR) is 160 cm³/mol. The SMILES string of the molecule is C[C@H](CCC(=O)NC(CCC1(C)NN1)C(=O)NCN=[N+]=[N-])[C@H]1CC[C@H]2[C@@H]3[C@H](O)C[C@@H]4C[C@H](O)CC[C@]4(C)[C@H]3C[C@H](O)[C@]12C. The van der Waals surface area contributed by atoms with E-state index in [4.69, 9.17) is 5.53 Å². The Morgan fingerprint density at radius 2 is 1.79 bits per heavy atom. The van der Waals surface area contributed by atoms with Crippen molar-refractivity contribution in [1.29, 1.82) is 0 Å². The maximum Gasteiger partial charge on any atom is 0.242 e. The van der Waals surface area contributed by atoms with Crippen LogP contribution < -0.4 is 21.5 Å². The summed E-state index contributed by atoms with van der Waals surface area (Å²) in [5.41, 5.74) is 14.1. The molecule has 7 N–H and O–H groups in total. The summed E-state index contributed by atoms with van der Waals surface area (Å²) >= 11 is 0. The Labute approximate surface area is 255 Å². The molecule has 0 spiro atoms. The summed E-state index contributed by atoms with van der Waals surface area (Å²) in [6, 6.07) is -0.734. The molecule has 12 nitrogen and oxygen atoms in total. The molecular weight excluding hydrogens is 550 g/mol. The van der Waals surface area contributed by atoms with Crippen molar-refractivity contribution in [2.75, 3.05) is 6.67 Å². The van der Waals surface area contributed by atoms with E-state index in [1.165, 1.54) is 0 Å². The minimum Gasteiger partial charge on any atom is -0.393 e. The highest BCUT2D eigenvalue weighted by Gasteiger charge is 2.65. The minimum absolute atomic E-state index is 0.0417. The van der Waals surface area contributed by atoms with Crippen LogP contribution in [0.1, 0.15) is 98.3 Å². The van der Waals surface area contributed by atoms with Crippen LogP contribution in [0.3, 0.4) is 0 Å². The second-order valence-corrected chi connectivity index (χ2v) is 15.2. The average molecular weight is 604 g/mol. The number of rotatable bonds is 11. The maximum absolute atomic E-state index is 13.1. The Kier molecular flexibility index (Phi) is 9.39. The van der Waals surface area contributed by atoms with Crippen molar-refractivity contribution in [2.45, 2.75) is 128 Å². The Morgan fingerprint density at radius 3 is 2.49 bits per heavy atom. The summed E-state index contributed by atoms with van der Waals surface area (Å²) in [5, 5.41) is 42.5. The van der Waals surface area contributed by atoms with Gasteiger partial charge in [0, 0.05) is 11.3 Å². The molecule has 1 saturated heterocycles. The molecule has 4 saturated carbocycles. The Bertz CT molecular complexity index is 1100. The zero-order valence-corrected chi connectivity index (χ0v) is 26.3. The number of nitrogens with zero attached hydrogens (tertiary/aromatic N) is 3. The Hall–Kier alpha value is -1.95. The van der Waals surface area contributed by atoms with E-state index < -0.39 is 18.2 Å². The quantitative estimate of drug-likeness (QED) is 0.0811. The number of hydrogen-bond donors (Lipinski definition) is 7. The van der Waals surface area contributed by atoms with Crippen LogP contribution in [0.15, 0.2) is 5.11 Å². The van der Waals surface area contributed by atoms with Gasteiger partial charge in [-0.15, -0.1) is 0 Å². The van der Waals surface area contributed by atoms with Gasteiger partial charge in [-0.2, -0.15) is 0 Å². The van der Waals surface area contributed by atoms with E-state index >= 15 is 0 Å². The highest BCUT2D eigenvalue weighted by Crippen LogP contribution is 2.68. The van der Waals surface area contributed by atoms with Gasteiger partial charge in [0.15, 0.2) is 0 Å². The van der Waals surface area contributed by atoms with Crippen molar-refractivity contribution in [3.8, 4) is 0 Å². The first-order valence-electron chi connectivity index (χ1n) is 16.5. The second-order valence-electron chi connectivity index (χ2n) is 15.2. The molecule has 1 aliphatic heterocycles. The van der Waals surface area contributed by atoms with Crippen molar-refractivity contribution in [3.63, 3.8) is 0 Å². The molecule has 4 aliphatic carbocycles. The van der Waals surface area contributed by atoms with Crippen LogP contribution in [-0.2, 0) is 9.59 Å². The zero-order chi connectivity index (χ0) is 31.2. The lowest BCUT2D eigenvalue weighted by molar-refractivity contribution is -0.207. The maximum atomic E-state index is 13.1. The third kappa shape index (κ3) is 6.29. The van der Waals surface area contributed by atoms with Gasteiger partial charge in [0.2, 0.25) is 11.8 Å². The van der Waals surface area contributed by atoms with Crippen molar-refractivity contribution in [3.05, 3.63) is 10.4 Å². The van der Waals surface area contributed by atoms with Gasteiger partial charge in [-0.05, 0) is 123 Å². The van der Waals surface area contributed by atoms with Gasteiger partial charge in [-0.25, -0.2) is 10.9 Å². The van der Waals surface area contributed by atoms with Crippen molar-refractivity contribution in [2.24, 2.45) is 51.5 Å². The lowest BCUT2D eigenvalue weighted by Crippen LogP contribution is -2.62. The summed E-state index contributed by atoms with van der Waals surface area (Å²) < 4.78 is 0. The summed E-state index contributed by atoms with van der Waals surface area (Å²) in [6.45, 7) is 8.56. The number of carbonyl (C=O) groups excluding carboxylic acids is 2. The van der Waals surface area contributed by atoms with Gasteiger partial charge >= 0.3 is 0 Å². The van der Waals surface area contributed by atoms with Gasteiger partial charge < -0.3 is 26.0 Å². The summed E-state index contributed by atoms with van der Waals surface area (Å²) in [4.78, 5) is 28.5. The molecule has 5 rings (SSSR count). The van der Waals surface area contributed by atoms with Crippen LogP contribution in [0.2, 0.25) is 0 Å². The number of aliphatic hydroxyl groups is 3. The first-order chi connectivity index (χ1) is 20.3. The van der Waals surface area contributed by atoms with Gasteiger partial charge in [-0.1, -0.05) is 25.9 Å². The lowest BCUT2D eigenvalue weighted by atomic mass is 9.43. The van der Waals surface area contributed by atoms with Crippen LogP contribution >= 0.6 is 0 Å². The van der Waals surface area contributed by atoms with E-state index in [0.717, 1.165) is 38.5 Å². The summed E-state index contributed by atoms with van der Waals surface area (Å²) in [5.74, 6) is 0.806. The van der Waals surface area contributed by atoms with E-state index in [2.05, 4.69) is 52.3 Å². The molecular formula is C31H53N7O5. The smallest absolute Gasteiger partial charge is 0.242 e. The summed E-state index contributed by atoms with van der Waals surface area (Å²) in [6.07, 6.45) is 6.71. The molecule has 1 unspecified atom stereocenters. The van der Waals surface area contributed by atoms with Crippen molar-refractivity contribution in [1.82, 2.24) is 21.5 Å². The number of hydrazine groups is 1. The van der Waals surface area contributed by atoms with Gasteiger partial charge in [0.25, 0.3) is 0 Å². The second kappa shape index (κ2) is 12.4. The number of amides is 2. The molecule has 0 aromatic carbocycles. The predicted octanol–water partition coefficient (Wildman–Crippen LogP) is 2.84. The van der Waals surface area contributed by atoms with Crippen molar-refractivity contribution >= 4 is 11.8 Å². The number of aliphatic hydroxyl groups excluding tert-OH is 3. The van der Waals surface area contributed by atoms with Crippen LogP contribution in [0.25, 0.3) is 10.4 Å². The van der Waals surface area contributed by atoms with E-state index in [-0.39, 0.29) is 77.1 Å². The van der Waals surface area contributed by atoms with E-state index in [0.29, 0.717) is 31.6 Å². The van der Waals surface area contributed by atoms with E-state index in [9.17, 15) is 24.9 Å². The summed E-state index contributed by atoms with van der Waals surface area (Å²) in [7, 11) is 0. The molecule has 1 heterocycles. The molecule has 0 radical (unpaired) electrons. The fraction of sp³-hybridized carbons (Fsp3) is 0.935. The fourth-order valence-corrected chi connectivity index (χ4v) is 10.2. The van der Waals surface area contributed by atoms with Crippen molar-refractivity contribution < 1.29 is 24.9 Å². The van der Waals surface area contributed by atoms with Crippen LogP contribution in [0, 0.1) is 46.3 Å². The topological polar surface area (TPSA) is 212 Å². The minimum atomic E-state index is -0.734. The monoisotopic (exact) mass is 603 g/mol. The third-order valence-corrected chi connectivity index (χ3v) is 12.9. The highest BCUT2D eigenvalue weighted by molar-refractivity contribution is 5.87. The molecule has 0 aromatic heterocycles. The molecule has 0 bridgehead atoms. The van der Waals surface area contributed by atoms with Crippen LogP contribution in [-0.4, -0.2) is 63.8 Å². The Balaban J connectivity index is 1.21. The number of nitrogens with one attached hydrogen (secondary N) is 4. The fourth-order valence-electron chi connectivity index (χ4n) is 10.2. The van der Waals surface area contributed by atoms with Crippen LogP contribution in [0.4, 0.5) is 0 Å². The molecule has 43 heavy (non-hydrogen) atoms. The first-order valence-corrected chi connectivity index (χ1v) is 16.5. The molecule has 5 aliphatic rings. The zero-order valence-electron chi connectivity index (χ0n) is 26.3. The van der Waals surface area contributed by atoms with Gasteiger partial charge in [0.05, 0.1) is 30.6 Å². The normalized spacial score (nSPS) is 42.3. The molecule has 12 atom stereocenters. The third-order valence-electron chi connectivity index (χ3n) is 12.9. The first kappa shape index (κ1) is 32.4. The lowest BCUT2D eigenvalue weighted by Gasteiger charge is -2.63. The average Bonchev–Trinajstić information content (AvgIpc) is 3.59. The number of fused-ring (bicyclic) bond motifs is 5. The Morgan fingerprint density at radius 1 is 1.05 bits per heavy atom. The molecule has 2 amide bonds. The molecule has 12 heteroatoms. The molecule has 0 aromatic rings. The number of hydrogen-bond acceptors (Lipinski definition) is 8. The highest BCUT2D eigenvalue weighted by atomic mass is 16.3. The van der Waals surface area contributed by atoms with Crippen LogP contribution in [0.5, 0.6) is 0 Å². The number of azide groups is 1. The van der Waals surface area contributed by atoms with Gasteiger partial charge in [-0.3, -0.25) is 9.59 Å². The molecule has 242 valence electrons. The van der Waals surface area contributed by atoms with E-state index in [1.54, 1.807) is 0 Å². The standard InChI is InChI=1S/C31H53N7O5/c1-17(5-8-26(42)35-23(10-12-30(3)36-37-30)28(43)33-16-34-38-32)20-6-7-21-27-22(15-25(41)31(20,21)4)29(2)11-9-19(39)13-18(29)14-24(27)40/h17-25,27,36-37,39-41H,5-16H2,1-4H3,(H,33,43)(H,35,42)/t17-,18+,19-,20-,21+,22+,23?,24-,25+,27+,29+,31-/m1/s1. The number of carbonyl (C=O) groups is 2. The molecule has 5 fully saturated rings.